The van der Waals surface area contributed by atoms with Gasteiger partial charge in [-0.3, -0.25) is 4.79 Å². The van der Waals surface area contributed by atoms with Gasteiger partial charge in [-0.25, -0.2) is 4.39 Å². The first-order chi connectivity index (χ1) is 9.56. The van der Waals surface area contributed by atoms with Crippen LogP contribution < -0.4 is 10.6 Å². The van der Waals surface area contributed by atoms with E-state index in [1.807, 2.05) is 24.3 Å². The zero-order valence-corrected chi connectivity index (χ0v) is 12.6. The van der Waals surface area contributed by atoms with Gasteiger partial charge in [-0.05, 0) is 46.3 Å². The van der Waals surface area contributed by atoms with Gasteiger partial charge in [0.15, 0.2) is 0 Å². The summed E-state index contributed by atoms with van der Waals surface area (Å²) >= 11 is 9.02. The Hall–Kier alpha value is -1.59. The molecule has 1 amide bonds. The summed E-state index contributed by atoms with van der Waals surface area (Å²) < 4.78 is 13.9. The van der Waals surface area contributed by atoms with E-state index in [0.29, 0.717) is 5.69 Å². The number of carbonyl (C=O) groups excluding carboxylic acids is 1. The van der Waals surface area contributed by atoms with Crippen LogP contribution in [0, 0.1) is 5.82 Å². The van der Waals surface area contributed by atoms with E-state index >= 15 is 0 Å². The molecule has 0 atom stereocenters. The first-order valence-electron chi connectivity index (χ1n) is 5.79. The second-order valence-electron chi connectivity index (χ2n) is 4.01. The van der Waals surface area contributed by atoms with Gasteiger partial charge in [-0.15, -0.1) is 0 Å². The van der Waals surface area contributed by atoms with Crippen molar-refractivity contribution in [3.05, 3.63) is 57.8 Å². The summed E-state index contributed by atoms with van der Waals surface area (Å²) in [5.74, 6) is -0.764. The molecular weight excluding hydrogens is 347 g/mol. The number of para-hydroxylation sites is 1. The summed E-state index contributed by atoms with van der Waals surface area (Å²) in [5.41, 5.74) is 1.27. The summed E-state index contributed by atoms with van der Waals surface area (Å²) in [5, 5.41) is 5.60. The number of hydrogen-bond donors (Lipinski definition) is 2. The molecule has 0 saturated carbocycles. The Bertz CT molecular complexity index is 636. The van der Waals surface area contributed by atoms with E-state index in [4.69, 9.17) is 11.6 Å². The summed E-state index contributed by atoms with van der Waals surface area (Å²) in [6.45, 7) is 0.0949. The second kappa shape index (κ2) is 6.72. The normalized spacial score (nSPS) is 10.2. The largest absolute Gasteiger partial charge is 0.375 e. The molecule has 2 aromatic rings. The highest BCUT2D eigenvalue weighted by Crippen LogP contribution is 2.21. The third-order valence-electron chi connectivity index (χ3n) is 2.52. The highest BCUT2D eigenvalue weighted by atomic mass is 79.9. The predicted molar refractivity (Wildman–Crippen MR) is 82.7 cm³/mol. The number of nitrogens with one attached hydrogen (secondary N) is 2. The van der Waals surface area contributed by atoms with Gasteiger partial charge >= 0.3 is 0 Å². The average Bonchev–Trinajstić information content (AvgIpc) is 2.42. The van der Waals surface area contributed by atoms with Crippen LogP contribution in [0.5, 0.6) is 0 Å². The topological polar surface area (TPSA) is 41.1 Å². The van der Waals surface area contributed by atoms with Crippen LogP contribution in [0.3, 0.4) is 0 Å². The Balaban J connectivity index is 1.93. The fraction of sp³-hybridized carbons (Fsp3) is 0.0714. The molecule has 2 aromatic carbocycles. The molecule has 20 heavy (non-hydrogen) atoms. The first kappa shape index (κ1) is 14.8. The minimum atomic E-state index is -0.518. The smallest absolute Gasteiger partial charge is 0.243 e. The number of halogens is 3. The Morgan fingerprint density at radius 3 is 2.70 bits per heavy atom. The highest BCUT2D eigenvalue weighted by Gasteiger charge is 2.06. The molecule has 0 radical (unpaired) electrons. The second-order valence-corrected chi connectivity index (χ2v) is 5.27. The Labute approximate surface area is 129 Å². The maximum Gasteiger partial charge on any atom is 0.243 e. The number of rotatable bonds is 4. The van der Waals surface area contributed by atoms with E-state index in [1.54, 1.807) is 0 Å². The van der Waals surface area contributed by atoms with Crippen molar-refractivity contribution in [3.63, 3.8) is 0 Å². The average molecular weight is 358 g/mol. The van der Waals surface area contributed by atoms with Crippen LogP contribution in [0.25, 0.3) is 0 Å². The fourth-order valence-corrected chi connectivity index (χ4v) is 2.16. The molecule has 2 N–H and O–H groups in total. The quantitative estimate of drug-likeness (QED) is 0.857. The van der Waals surface area contributed by atoms with Gasteiger partial charge in [0.05, 0.1) is 11.6 Å². The standard InChI is InChI=1S/C14H11BrClFN2O/c15-10-3-1-2-4-13(10)18-8-14(20)19-9-5-6-12(17)11(16)7-9/h1-7,18H,8H2,(H,19,20). The van der Waals surface area contributed by atoms with E-state index in [2.05, 4.69) is 26.6 Å². The number of hydrogen-bond acceptors (Lipinski definition) is 2. The van der Waals surface area contributed by atoms with Gasteiger partial charge in [-0.1, -0.05) is 23.7 Å². The Morgan fingerprint density at radius 1 is 1.25 bits per heavy atom. The zero-order chi connectivity index (χ0) is 14.5. The van der Waals surface area contributed by atoms with Crippen LogP contribution in [0.15, 0.2) is 46.9 Å². The Kier molecular flexibility index (Phi) is 4.98. The van der Waals surface area contributed by atoms with Gasteiger partial charge in [0, 0.05) is 15.8 Å². The molecule has 2 rings (SSSR count). The maximum atomic E-state index is 13.0. The van der Waals surface area contributed by atoms with Crippen molar-refractivity contribution in [2.24, 2.45) is 0 Å². The minimum absolute atomic E-state index is 0.0263. The number of amides is 1. The van der Waals surface area contributed by atoms with E-state index in [1.165, 1.54) is 18.2 Å². The molecule has 104 valence electrons. The van der Waals surface area contributed by atoms with Gasteiger partial charge in [0.1, 0.15) is 5.82 Å². The highest BCUT2D eigenvalue weighted by molar-refractivity contribution is 9.10. The van der Waals surface area contributed by atoms with Crippen LogP contribution >= 0.6 is 27.5 Å². The minimum Gasteiger partial charge on any atom is -0.375 e. The van der Waals surface area contributed by atoms with Crippen molar-refractivity contribution in [3.8, 4) is 0 Å². The number of anilines is 2. The van der Waals surface area contributed by atoms with Crippen LogP contribution in [0.4, 0.5) is 15.8 Å². The Morgan fingerprint density at radius 2 is 2.00 bits per heavy atom. The number of benzene rings is 2. The molecule has 0 spiro atoms. The van der Waals surface area contributed by atoms with Crippen molar-refractivity contribution >= 4 is 44.8 Å². The molecule has 6 heteroatoms. The third-order valence-corrected chi connectivity index (χ3v) is 3.50. The SMILES string of the molecule is O=C(CNc1ccccc1Br)Nc1ccc(F)c(Cl)c1. The van der Waals surface area contributed by atoms with Crippen molar-refractivity contribution in [2.45, 2.75) is 0 Å². The molecule has 0 bridgehead atoms. The van der Waals surface area contributed by atoms with Gasteiger partial charge < -0.3 is 10.6 Å². The molecule has 0 fully saturated rings. The lowest BCUT2D eigenvalue weighted by Gasteiger charge is -2.09. The third kappa shape index (κ3) is 3.95. The van der Waals surface area contributed by atoms with Gasteiger partial charge in [0.2, 0.25) is 5.91 Å². The fourth-order valence-electron chi connectivity index (χ4n) is 1.56. The maximum absolute atomic E-state index is 13.0. The molecule has 0 aliphatic rings. The van der Waals surface area contributed by atoms with E-state index < -0.39 is 5.82 Å². The molecule has 3 nitrogen and oxygen atoms in total. The predicted octanol–water partition coefficient (Wildman–Crippen LogP) is 4.29. The molecule has 0 unspecified atom stereocenters. The number of carbonyl (C=O) groups is 1. The zero-order valence-electron chi connectivity index (χ0n) is 10.3. The summed E-state index contributed by atoms with van der Waals surface area (Å²) in [7, 11) is 0. The molecule has 0 saturated heterocycles. The summed E-state index contributed by atoms with van der Waals surface area (Å²) in [4.78, 5) is 11.8. The lowest BCUT2D eigenvalue weighted by atomic mass is 10.3. The first-order valence-corrected chi connectivity index (χ1v) is 6.96. The van der Waals surface area contributed by atoms with Crippen LogP contribution in [-0.2, 0) is 4.79 Å². The van der Waals surface area contributed by atoms with Crippen molar-refractivity contribution in [2.75, 3.05) is 17.2 Å². The molecule has 0 aliphatic carbocycles. The van der Waals surface area contributed by atoms with E-state index in [-0.39, 0.29) is 17.5 Å². The molecule has 0 aliphatic heterocycles. The van der Waals surface area contributed by atoms with Crippen LogP contribution in [-0.4, -0.2) is 12.5 Å². The van der Waals surface area contributed by atoms with Gasteiger partial charge in [0.25, 0.3) is 0 Å². The monoisotopic (exact) mass is 356 g/mol. The molecule has 0 heterocycles. The van der Waals surface area contributed by atoms with E-state index in [0.717, 1.165) is 10.2 Å². The lowest BCUT2D eigenvalue weighted by Crippen LogP contribution is -2.21. The van der Waals surface area contributed by atoms with Gasteiger partial charge in [-0.2, -0.15) is 0 Å². The summed E-state index contributed by atoms with van der Waals surface area (Å²) in [6, 6.07) is 11.5. The lowest BCUT2D eigenvalue weighted by molar-refractivity contribution is -0.114. The van der Waals surface area contributed by atoms with E-state index in [9.17, 15) is 9.18 Å². The summed E-state index contributed by atoms with van der Waals surface area (Å²) in [6.07, 6.45) is 0. The van der Waals surface area contributed by atoms with Crippen molar-refractivity contribution < 1.29 is 9.18 Å². The van der Waals surface area contributed by atoms with Crippen LogP contribution in [0.2, 0.25) is 5.02 Å². The molecular formula is C14H11BrClFN2O. The molecule has 0 aromatic heterocycles. The van der Waals surface area contributed by atoms with Crippen molar-refractivity contribution in [1.29, 1.82) is 0 Å². The van der Waals surface area contributed by atoms with Crippen LogP contribution in [0.1, 0.15) is 0 Å². The van der Waals surface area contributed by atoms with Crippen molar-refractivity contribution in [1.82, 2.24) is 0 Å².